The first-order valence-corrected chi connectivity index (χ1v) is 9.90. The Kier molecular flexibility index (Phi) is 7.67. The van der Waals surface area contributed by atoms with Gasteiger partial charge in [0.05, 0.1) is 11.6 Å². The Morgan fingerprint density at radius 1 is 1.21 bits per heavy atom. The summed E-state index contributed by atoms with van der Waals surface area (Å²) in [6, 6.07) is 15.7. The number of nitrogens with two attached hydrogens (primary N) is 1. The summed E-state index contributed by atoms with van der Waals surface area (Å²) in [6.45, 7) is 7.68. The maximum Gasteiger partial charge on any atom is 0.239 e. The number of hydrogen-bond acceptors (Lipinski definition) is 3. The lowest BCUT2D eigenvalue weighted by Gasteiger charge is -2.27. The minimum atomic E-state index is -0.960. The molecule has 5 heteroatoms. The number of carbonyl (C=O) groups excluding carboxylic acids is 1. The number of rotatable bonds is 9. The lowest BCUT2D eigenvalue weighted by molar-refractivity contribution is -0.125. The number of aryl methyl sites for hydroxylation is 1. The highest BCUT2D eigenvalue weighted by molar-refractivity contribution is 6.30. The maximum atomic E-state index is 12.5. The molecular weight excluding hydrogens is 370 g/mol. The van der Waals surface area contributed by atoms with E-state index in [-0.39, 0.29) is 11.9 Å². The molecule has 0 fully saturated rings. The van der Waals surface area contributed by atoms with E-state index in [4.69, 9.17) is 17.3 Å². The van der Waals surface area contributed by atoms with Crippen molar-refractivity contribution in [2.75, 3.05) is 12.4 Å². The average Bonchev–Trinajstić information content (AvgIpc) is 2.66. The van der Waals surface area contributed by atoms with Crippen molar-refractivity contribution >= 4 is 28.8 Å². The van der Waals surface area contributed by atoms with Crippen LogP contribution in [0, 0.1) is 0 Å². The average molecular weight is 400 g/mol. The van der Waals surface area contributed by atoms with Gasteiger partial charge in [0.1, 0.15) is 0 Å². The van der Waals surface area contributed by atoms with Crippen LogP contribution < -0.4 is 16.4 Å². The van der Waals surface area contributed by atoms with Gasteiger partial charge in [-0.2, -0.15) is 0 Å². The van der Waals surface area contributed by atoms with Crippen LogP contribution in [-0.4, -0.2) is 24.5 Å². The molecular formula is C23H30ClN3O. The quantitative estimate of drug-likeness (QED) is 0.575. The molecule has 0 saturated carbocycles. The summed E-state index contributed by atoms with van der Waals surface area (Å²) in [5, 5.41) is 6.87. The smallest absolute Gasteiger partial charge is 0.239 e. The van der Waals surface area contributed by atoms with Crippen LogP contribution in [0.15, 0.2) is 55.1 Å². The zero-order valence-corrected chi connectivity index (χ0v) is 17.6. The molecule has 2 aromatic carbocycles. The molecule has 0 aromatic heterocycles. The third kappa shape index (κ3) is 6.11. The van der Waals surface area contributed by atoms with Gasteiger partial charge in [-0.05, 0) is 62.4 Å². The van der Waals surface area contributed by atoms with Crippen LogP contribution in [0.2, 0.25) is 5.02 Å². The van der Waals surface area contributed by atoms with Gasteiger partial charge in [-0.25, -0.2) is 0 Å². The van der Waals surface area contributed by atoms with Gasteiger partial charge in [-0.1, -0.05) is 48.5 Å². The summed E-state index contributed by atoms with van der Waals surface area (Å²) in [6.07, 6.45) is 2.60. The Morgan fingerprint density at radius 2 is 1.89 bits per heavy atom. The van der Waals surface area contributed by atoms with Gasteiger partial charge in [0.15, 0.2) is 0 Å². The van der Waals surface area contributed by atoms with E-state index >= 15 is 0 Å². The first-order chi connectivity index (χ1) is 13.2. The van der Waals surface area contributed by atoms with Crippen molar-refractivity contribution in [2.24, 2.45) is 5.73 Å². The van der Waals surface area contributed by atoms with Crippen molar-refractivity contribution in [3.05, 3.63) is 71.3 Å². The van der Waals surface area contributed by atoms with Crippen LogP contribution in [0.4, 0.5) is 5.69 Å². The predicted molar refractivity (Wildman–Crippen MR) is 120 cm³/mol. The highest BCUT2D eigenvalue weighted by Gasteiger charge is 2.26. The number of benzene rings is 2. The topological polar surface area (TPSA) is 67.1 Å². The second-order valence-corrected chi connectivity index (χ2v) is 8.03. The van der Waals surface area contributed by atoms with Crippen molar-refractivity contribution in [2.45, 2.75) is 44.7 Å². The molecule has 1 unspecified atom stereocenters. The molecule has 1 amide bonds. The minimum Gasteiger partial charge on any atom is -0.388 e. The highest BCUT2D eigenvalue weighted by atomic mass is 35.5. The van der Waals surface area contributed by atoms with Gasteiger partial charge in [-0.3, -0.25) is 4.79 Å². The van der Waals surface area contributed by atoms with Gasteiger partial charge < -0.3 is 16.4 Å². The number of hydrogen-bond donors (Lipinski definition) is 3. The van der Waals surface area contributed by atoms with Gasteiger partial charge >= 0.3 is 0 Å². The first kappa shape index (κ1) is 22.0. The van der Waals surface area contributed by atoms with E-state index in [1.54, 1.807) is 13.8 Å². The molecule has 0 aliphatic carbocycles. The third-order valence-corrected chi connectivity index (χ3v) is 4.94. The molecule has 0 saturated heterocycles. The summed E-state index contributed by atoms with van der Waals surface area (Å²) in [5.41, 5.74) is 8.94. The normalized spacial score (nSPS) is 12.3. The van der Waals surface area contributed by atoms with Crippen molar-refractivity contribution < 1.29 is 4.79 Å². The fraction of sp³-hybridized carbons (Fsp3) is 0.348. The van der Waals surface area contributed by atoms with E-state index in [1.165, 1.54) is 5.56 Å². The second kappa shape index (κ2) is 9.76. The van der Waals surface area contributed by atoms with Crippen LogP contribution in [0.5, 0.6) is 0 Å². The first-order valence-electron chi connectivity index (χ1n) is 9.52. The molecule has 4 nitrogen and oxygen atoms in total. The standard InChI is InChI=1S/C23H30ClN3O/c1-16(19-15-18(24)13-14-21(19)26-4)20(27-22(28)23(2,3)25)12-8-11-17-9-6-5-7-10-17/h5-7,9-10,13-15,20,26H,1,8,11-12,25H2,2-4H3,(H,27,28). The summed E-state index contributed by atoms with van der Waals surface area (Å²) in [5.74, 6) is -0.202. The SMILES string of the molecule is C=C(c1cc(Cl)ccc1NC)C(CCCc1ccccc1)NC(=O)C(C)(C)N. The fourth-order valence-electron chi connectivity index (χ4n) is 3.02. The Labute approximate surface area is 173 Å². The van der Waals surface area contributed by atoms with Gasteiger partial charge in [0, 0.05) is 23.3 Å². The summed E-state index contributed by atoms with van der Waals surface area (Å²) in [4.78, 5) is 12.5. The van der Waals surface area contributed by atoms with Gasteiger partial charge in [-0.15, -0.1) is 0 Å². The van der Waals surface area contributed by atoms with E-state index in [1.807, 2.05) is 43.4 Å². The number of anilines is 1. The molecule has 0 aliphatic heterocycles. The highest BCUT2D eigenvalue weighted by Crippen LogP contribution is 2.30. The van der Waals surface area contributed by atoms with Crippen molar-refractivity contribution in [1.82, 2.24) is 5.32 Å². The minimum absolute atomic E-state index is 0.202. The molecule has 0 spiro atoms. The number of nitrogens with one attached hydrogen (secondary N) is 2. The molecule has 1 atom stereocenters. The molecule has 28 heavy (non-hydrogen) atoms. The molecule has 0 aliphatic rings. The second-order valence-electron chi connectivity index (χ2n) is 7.59. The number of carbonyl (C=O) groups is 1. The summed E-state index contributed by atoms with van der Waals surface area (Å²) < 4.78 is 0. The molecule has 0 heterocycles. The van der Waals surface area contributed by atoms with Crippen LogP contribution in [-0.2, 0) is 11.2 Å². The number of amides is 1. The van der Waals surface area contributed by atoms with Crippen LogP contribution in [0.25, 0.3) is 5.57 Å². The van der Waals surface area contributed by atoms with Gasteiger partial charge in [0.2, 0.25) is 5.91 Å². The van der Waals surface area contributed by atoms with E-state index in [0.717, 1.165) is 36.1 Å². The Morgan fingerprint density at radius 3 is 2.50 bits per heavy atom. The lowest BCUT2D eigenvalue weighted by atomic mass is 9.92. The zero-order chi connectivity index (χ0) is 20.7. The van der Waals surface area contributed by atoms with E-state index in [9.17, 15) is 4.79 Å². The summed E-state index contributed by atoms with van der Waals surface area (Å²) in [7, 11) is 1.85. The molecule has 0 bridgehead atoms. The van der Waals surface area contributed by atoms with Crippen LogP contribution in [0.3, 0.4) is 0 Å². The largest absolute Gasteiger partial charge is 0.388 e. The molecule has 4 N–H and O–H groups in total. The van der Waals surface area contributed by atoms with E-state index in [2.05, 4.69) is 29.3 Å². The number of halogens is 1. The Balaban J connectivity index is 2.20. The van der Waals surface area contributed by atoms with Crippen LogP contribution >= 0.6 is 11.6 Å². The predicted octanol–water partition coefficient (Wildman–Crippen LogP) is 4.64. The molecule has 2 aromatic rings. The van der Waals surface area contributed by atoms with Crippen LogP contribution in [0.1, 0.15) is 37.8 Å². The van der Waals surface area contributed by atoms with Gasteiger partial charge in [0.25, 0.3) is 0 Å². The van der Waals surface area contributed by atoms with E-state index < -0.39 is 5.54 Å². The van der Waals surface area contributed by atoms with Crippen molar-refractivity contribution in [3.8, 4) is 0 Å². The summed E-state index contributed by atoms with van der Waals surface area (Å²) >= 11 is 6.21. The molecule has 150 valence electrons. The van der Waals surface area contributed by atoms with Crippen molar-refractivity contribution in [1.29, 1.82) is 0 Å². The molecule has 2 rings (SSSR count). The fourth-order valence-corrected chi connectivity index (χ4v) is 3.19. The van der Waals surface area contributed by atoms with Crippen molar-refractivity contribution in [3.63, 3.8) is 0 Å². The zero-order valence-electron chi connectivity index (χ0n) is 16.9. The Hall–Kier alpha value is -2.30. The third-order valence-electron chi connectivity index (χ3n) is 4.71. The maximum absolute atomic E-state index is 12.5. The Bertz CT molecular complexity index is 812. The monoisotopic (exact) mass is 399 g/mol. The molecule has 0 radical (unpaired) electrons. The lowest BCUT2D eigenvalue weighted by Crippen LogP contribution is -2.52. The van der Waals surface area contributed by atoms with E-state index in [0.29, 0.717) is 5.02 Å².